The number of piperazine rings is 1. The average Bonchev–Trinajstić information content (AvgIpc) is 2.59. The van der Waals surface area contributed by atoms with Crippen molar-refractivity contribution in [3.63, 3.8) is 0 Å². The molecule has 0 saturated carbocycles. The summed E-state index contributed by atoms with van der Waals surface area (Å²) in [5.74, 6) is 0.903. The fraction of sp³-hybridized carbons (Fsp3) is 0.294. The first-order valence-corrected chi connectivity index (χ1v) is 8.50. The fourth-order valence-electron chi connectivity index (χ4n) is 2.66. The lowest BCUT2D eigenvalue weighted by Crippen LogP contribution is -2.48. The van der Waals surface area contributed by atoms with Crippen molar-refractivity contribution in [2.45, 2.75) is 0 Å². The number of rotatable bonds is 4. The Morgan fingerprint density at radius 1 is 1.12 bits per heavy atom. The molecule has 0 spiro atoms. The molecule has 1 amide bonds. The largest absolute Gasteiger partial charge is 0.354 e. The van der Waals surface area contributed by atoms with E-state index >= 15 is 0 Å². The fourth-order valence-corrected chi connectivity index (χ4v) is 3.12. The highest BCUT2D eigenvalue weighted by molar-refractivity contribution is 6.36. The van der Waals surface area contributed by atoms with Crippen molar-refractivity contribution in [3.05, 3.63) is 52.6 Å². The molecular formula is C17H18Cl2N4O. The number of nitrogens with one attached hydrogen (secondary N) is 1. The van der Waals surface area contributed by atoms with Crippen molar-refractivity contribution in [2.75, 3.05) is 42.9 Å². The van der Waals surface area contributed by atoms with Gasteiger partial charge in [-0.25, -0.2) is 4.98 Å². The van der Waals surface area contributed by atoms with E-state index in [-0.39, 0.29) is 5.91 Å². The van der Waals surface area contributed by atoms with E-state index in [1.165, 1.54) is 0 Å². The van der Waals surface area contributed by atoms with E-state index in [2.05, 4.69) is 20.1 Å². The molecule has 1 saturated heterocycles. The lowest BCUT2D eigenvalue weighted by molar-refractivity contribution is -0.117. The van der Waals surface area contributed by atoms with Crippen molar-refractivity contribution in [3.8, 4) is 0 Å². The summed E-state index contributed by atoms with van der Waals surface area (Å²) in [6.45, 7) is 3.68. The molecule has 1 N–H and O–H groups in total. The highest BCUT2D eigenvalue weighted by Gasteiger charge is 2.20. The van der Waals surface area contributed by atoms with Crippen LogP contribution in [0.5, 0.6) is 0 Å². The highest BCUT2D eigenvalue weighted by atomic mass is 35.5. The molecule has 0 unspecified atom stereocenters. The average molecular weight is 365 g/mol. The van der Waals surface area contributed by atoms with Gasteiger partial charge in [-0.2, -0.15) is 0 Å². The number of hydrogen-bond donors (Lipinski definition) is 1. The lowest BCUT2D eigenvalue weighted by Gasteiger charge is -2.34. The molecule has 0 atom stereocenters. The van der Waals surface area contributed by atoms with E-state index in [0.29, 0.717) is 22.3 Å². The third-order valence-electron chi connectivity index (χ3n) is 3.92. The van der Waals surface area contributed by atoms with E-state index in [4.69, 9.17) is 23.2 Å². The molecule has 3 rings (SSSR count). The number of carbonyl (C=O) groups is 1. The smallest absolute Gasteiger partial charge is 0.238 e. The van der Waals surface area contributed by atoms with Crippen molar-refractivity contribution in [1.29, 1.82) is 0 Å². The number of hydrogen-bond acceptors (Lipinski definition) is 4. The molecule has 24 heavy (non-hydrogen) atoms. The maximum absolute atomic E-state index is 12.2. The van der Waals surface area contributed by atoms with Gasteiger partial charge in [-0.15, -0.1) is 0 Å². The normalized spacial score (nSPS) is 15.3. The van der Waals surface area contributed by atoms with Crippen molar-refractivity contribution < 1.29 is 4.79 Å². The summed E-state index contributed by atoms with van der Waals surface area (Å²) < 4.78 is 0. The number of nitrogens with zero attached hydrogens (tertiary/aromatic N) is 3. The van der Waals surface area contributed by atoms with Crippen LogP contribution in [0.4, 0.5) is 11.5 Å². The predicted molar refractivity (Wildman–Crippen MR) is 98.0 cm³/mol. The summed E-state index contributed by atoms with van der Waals surface area (Å²) in [5, 5.41) is 3.82. The molecule has 126 valence electrons. The Labute approximate surface area is 151 Å². The van der Waals surface area contributed by atoms with Gasteiger partial charge in [-0.1, -0.05) is 29.3 Å². The summed E-state index contributed by atoms with van der Waals surface area (Å²) >= 11 is 11.9. The molecule has 1 aromatic carbocycles. The minimum absolute atomic E-state index is 0.0782. The third-order valence-corrected chi connectivity index (χ3v) is 4.47. The van der Waals surface area contributed by atoms with Crippen LogP contribution in [0.3, 0.4) is 0 Å². The highest BCUT2D eigenvalue weighted by Crippen LogP contribution is 2.25. The number of anilines is 2. The first kappa shape index (κ1) is 17.0. The van der Waals surface area contributed by atoms with Gasteiger partial charge in [-0.3, -0.25) is 9.69 Å². The molecule has 2 aromatic rings. The second-order valence-electron chi connectivity index (χ2n) is 5.62. The van der Waals surface area contributed by atoms with Crippen LogP contribution in [-0.4, -0.2) is 48.5 Å². The summed E-state index contributed by atoms with van der Waals surface area (Å²) in [5.41, 5.74) is 0.582. The lowest BCUT2D eigenvalue weighted by atomic mass is 10.3. The van der Waals surface area contributed by atoms with Gasteiger partial charge < -0.3 is 10.2 Å². The quantitative estimate of drug-likeness (QED) is 0.905. The van der Waals surface area contributed by atoms with Crippen LogP contribution in [0.1, 0.15) is 0 Å². The van der Waals surface area contributed by atoms with E-state index in [0.717, 1.165) is 32.0 Å². The zero-order chi connectivity index (χ0) is 16.9. The molecule has 1 aliphatic heterocycles. The Morgan fingerprint density at radius 3 is 2.58 bits per heavy atom. The van der Waals surface area contributed by atoms with Crippen molar-refractivity contribution in [1.82, 2.24) is 9.88 Å². The molecule has 2 heterocycles. The number of amides is 1. The molecule has 0 radical (unpaired) electrons. The third kappa shape index (κ3) is 4.38. The summed E-state index contributed by atoms with van der Waals surface area (Å²) in [4.78, 5) is 20.9. The Balaban J connectivity index is 1.50. The molecule has 0 bridgehead atoms. The predicted octanol–water partition coefficient (Wildman–Crippen LogP) is 3.15. The summed E-state index contributed by atoms with van der Waals surface area (Å²) in [7, 11) is 0. The van der Waals surface area contributed by atoms with Crippen molar-refractivity contribution in [2.24, 2.45) is 0 Å². The Morgan fingerprint density at radius 2 is 1.92 bits per heavy atom. The van der Waals surface area contributed by atoms with E-state index < -0.39 is 0 Å². The van der Waals surface area contributed by atoms with Crippen LogP contribution in [0.25, 0.3) is 0 Å². The van der Waals surface area contributed by atoms with Gasteiger partial charge in [0, 0.05) is 37.4 Å². The molecule has 5 nitrogen and oxygen atoms in total. The van der Waals surface area contributed by atoms with Gasteiger partial charge in [0.1, 0.15) is 5.82 Å². The zero-order valence-electron chi connectivity index (χ0n) is 13.1. The second kappa shape index (κ2) is 7.83. The van der Waals surface area contributed by atoms with Crippen LogP contribution < -0.4 is 10.2 Å². The minimum atomic E-state index is -0.0782. The number of halogens is 2. The van der Waals surface area contributed by atoms with E-state index in [9.17, 15) is 4.79 Å². The maximum Gasteiger partial charge on any atom is 0.238 e. The molecular weight excluding hydrogens is 347 g/mol. The van der Waals surface area contributed by atoms with Gasteiger partial charge in [-0.05, 0) is 30.3 Å². The molecule has 7 heteroatoms. The standard InChI is InChI=1S/C17H18Cl2N4O/c18-13-4-5-15(14(19)11-13)21-17(24)12-22-7-9-23(10-8-22)16-3-1-2-6-20-16/h1-6,11H,7-10,12H2,(H,21,24). The van der Waals surface area contributed by atoms with Crippen LogP contribution in [0, 0.1) is 0 Å². The van der Waals surface area contributed by atoms with Crippen LogP contribution in [-0.2, 0) is 4.79 Å². The SMILES string of the molecule is O=C(CN1CCN(c2ccccn2)CC1)Nc1ccc(Cl)cc1Cl. The van der Waals surface area contributed by atoms with Gasteiger partial charge in [0.15, 0.2) is 0 Å². The number of aromatic nitrogens is 1. The number of carbonyl (C=O) groups excluding carboxylic acids is 1. The van der Waals surface area contributed by atoms with Crippen molar-refractivity contribution >= 4 is 40.6 Å². The van der Waals surface area contributed by atoms with Crippen LogP contribution >= 0.6 is 23.2 Å². The summed E-state index contributed by atoms with van der Waals surface area (Å²) in [6, 6.07) is 10.9. The summed E-state index contributed by atoms with van der Waals surface area (Å²) in [6.07, 6.45) is 1.80. The van der Waals surface area contributed by atoms with E-state index in [1.54, 1.807) is 24.4 Å². The van der Waals surface area contributed by atoms with E-state index in [1.807, 2.05) is 18.2 Å². The van der Waals surface area contributed by atoms with Crippen LogP contribution in [0.15, 0.2) is 42.6 Å². The van der Waals surface area contributed by atoms with Gasteiger partial charge in [0.2, 0.25) is 5.91 Å². The molecule has 1 aliphatic rings. The topological polar surface area (TPSA) is 48.5 Å². The van der Waals surface area contributed by atoms with Crippen LogP contribution in [0.2, 0.25) is 10.0 Å². The van der Waals surface area contributed by atoms with Gasteiger partial charge in [0.25, 0.3) is 0 Å². The molecule has 1 fully saturated rings. The Hall–Kier alpha value is -1.82. The van der Waals surface area contributed by atoms with Gasteiger partial charge >= 0.3 is 0 Å². The first-order chi connectivity index (χ1) is 11.6. The second-order valence-corrected chi connectivity index (χ2v) is 6.47. The Bertz CT molecular complexity index is 703. The molecule has 1 aromatic heterocycles. The maximum atomic E-state index is 12.2. The Kier molecular flexibility index (Phi) is 5.56. The number of pyridine rings is 1. The first-order valence-electron chi connectivity index (χ1n) is 7.75. The monoisotopic (exact) mass is 364 g/mol. The van der Waals surface area contributed by atoms with Gasteiger partial charge in [0.05, 0.1) is 17.3 Å². The zero-order valence-corrected chi connectivity index (χ0v) is 14.6. The number of benzene rings is 1. The minimum Gasteiger partial charge on any atom is -0.354 e. The molecule has 0 aliphatic carbocycles.